The van der Waals surface area contributed by atoms with Gasteiger partial charge in [-0.1, -0.05) is 28.9 Å². The van der Waals surface area contributed by atoms with Crippen molar-refractivity contribution in [2.24, 2.45) is 11.1 Å². The lowest BCUT2D eigenvalue weighted by atomic mass is 9.77. The standard InChI is InChI=1S/C15H20BrFN2O/c1-2-15(14(18)20)6-3-7-19(10-15)9-11-4-5-12(16)8-13(11)17/h4-5,8H,2-3,6-7,9-10H2,1H3,(H2,18,20). The summed E-state index contributed by atoms with van der Waals surface area (Å²) in [5.41, 5.74) is 5.77. The van der Waals surface area contributed by atoms with Crippen molar-refractivity contribution in [2.45, 2.75) is 32.7 Å². The second-order valence-corrected chi connectivity index (χ2v) is 6.46. The van der Waals surface area contributed by atoms with Crippen molar-refractivity contribution in [3.05, 3.63) is 34.1 Å². The Morgan fingerprint density at radius 2 is 2.30 bits per heavy atom. The monoisotopic (exact) mass is 342 g/mol. The van der Waals surface area contributed by atoms with Crippen LogP contribution in [0, 0.1) is 11.2 Å². The van der Waals surface area contributed by atoms with Gasteiger partial charge in [0.1, 0.15) is 5.82 Å². The molecule has 3 nitrogen and oxygen atoms in total. The minimum absolute atomic E-state index is 0.217. The highest BCUT2D eigenvalue weighted by molar-refractivity contribution is 9.10. The number of rotatable bonds is 4. The maximum Gasteiger partial charge on any atom is 0.224 e. The Morgan fingerprint density at radius 3 is 2.90 bits per heavy atom. The van der Waals surface area contributed by atoms with Gasteiger partial charge in [-0.05, 0) is 37.9 Å². The van der Waals surface area contributed by atoms with Crippen molar-refractivity contribution in [2.75, 3.05) is 13.1 Å². The quantitative estimate of drug-likeness (QED) is 0.913. The second kappa shape index (κ2) is 6.22. The highest BCUT2D eigenvalue weighted by Crippen LogP contribution is 2.33. The van der Waals surface area contributed by atoms with E-state index in [1.54, 1.807) is 6.07 Å². The molecular formula is C15H20BrFN2O. The molecule has 0 radical (unpaired) electrons. The first-order valence-corrected chi connectivity index (χ1v) is 7.72. The van der Waals surface area contributed by atoms with Crippen molar-refractivity contribution in [1.29, 1.82) is 0 Å². The van der Waals surface area contributed by atoms with Crippen molar-refractivity contribution in [3.8, 4) is 0 Å². The molecule has 1 atom stereocenters. The van der Waals surface area contributed by atoms with Crippen LogP contribution in [0.2, 0.25) is 0 Å². The van der Waals surface area contributed by atoms with Crippen LogP contribution in [-0.2, 0) is 11.3 Å². The maximum atomic E-state index is 13.9. The molecule has 1 saturated heterocycles. The number of amides is 1. The van der Waals surface area contributed by atoms with Gasteiger partial charge in [-0.25, -0.2) is 4.39 Å². The first kappa shape index (κ1) is 15.4. The van der Waals surface area contributed by atoms with Gasteiger partial charge in [-0.2, -0.15) is 0 Å². The number of hydrogen-bond donors (Lipinski definition) is 1. The molecule has 20 heavy (non-hydrogen) atoms. The van der Waals surface area contributed by atoms with E-state index in [1.165, 1.54) is 6.07 Å². The third kappa shape index (κ3) is 3.20. The molecule has 1 amide bonds. The van der Waals surface area contributed by atoms with Crippen molar-refractivity contribution in [1.82, 2.24) is 4.90 Å². The molecule has 1 aromatic rings. The molecule has 0 saturated carbocycles. The number of carbonyl (C=O) groups is 1. The first-order chi connectivity index (χ1) is 9.47. The van der Waals surface area contributed by atoms with Gasteiger partial charge in [0.25, 0.3) is 0 Å². The van der Waals surface area contributed by atoms with Crippen LogP contribution in [-0.4, -0.2) is 23.9 Å². The zero-order valence-electron chi connectivity index (χ0n) is 11.7. The number of nitrogens with zero attached hydrogens (tertiary/aromatic N) is 1. The summed E-state index contributed by atoms with van der Waals surface area (Å²) in [5.74, 6) is -0.452. The Kier molecular flexibility index (Phi) is 4.81. The number of nitrogens with two attached hydrogens (primary N) is 1. The molecule has 0 bridgehead atoms. The van der Waals surface area contributed by atoms with Crippen LogP contribution in [0.5, 0.6) is 0 Å². The van der Waals surface area contributed by atoms with Crippen LogP contribution in [0.4, 0.5) is 4.39 Å². The van der Waals surface area contributed by atoms with Crippen LogP contribution in [0.15, 0.2) is 22.7 Å². The largest absolute Gasteiger partial charge is 0.369 e. The lowest BCUT2D eigenvalue weighted by molar-refractivity contribution is -0.131. The van der Waals surface area contributed by atoms with Crippen LogP contribution in [0.25, 0.3) is 0 Å². The number of piperidine rings is 1. The van der Waals surface area contributed by atoms with Gasteiger partial charge in [0.05, 0.1) is 5.41 Å². The van der Waals surface area contributed by atoms with E-state index in [1.807, 2.05) is 13.0 Å². The number of likely N-dealkylation sites (tertiary alicyclic amines) is 1. The average Bonchev–Trinajstić information content (AvgIpc) is 2.42. The van der Waals surface area contributed by atoms with Gasteiger partial charge in [-0.15, -0.1) is 0 Å². The van der Waals surface area contributed by atoms with Crippen LogP contribution in [0.3, 0.4) is 0 Å². The Hall–Kier alpha value is -0.940. The van der Waals surface area contributed by atoms with E-state index < -0.39 is 5.41 Å². The summed E-state index contributed by atoms with van der Waals surface area (Å²) in [5, 5.41) is 0. The third-order valence-corrected chi connectivity index (χ3v) is 4.76. The van der Waals surface area contributed by atoms with Crippen molar-refractivity contribution >= 4 is 21.8 Å². The molecule has 2 rings (SSSR count). The van der Waals surface area contributed by atoms with E-state index in [4.69, 9.17) is 5.73 Å². The molecule has 0 aliphatic carbocycles. The van der Waals surface area contributed by atoms with E-state index in [0.29, 0.717) is 18.7 Å². The topological polar surface area (TPSA) is 46.3 Å². The summed E-state index contributed by atoms with van der Waals surface area (Å²) in [7, 11) is 0. The first-order valence-electron chi connectivity index (χ1n) is 6.93. The summed E-state index contributed by atoms with van der Waals surface area (Å²) in [6.07, 6.45) is 2.49. The zero-order chi connectivity index (χ0) is 14.8. The predicted molar refractivity (Wildman–Crippen MR) is 80.5 cm³/mol. The summed E-state index contributed by atoms with van der Waals surface area (Å²) in [6, 6.07) is 5.09. The lowest BCUT2D eigenvalue weighted by Gasteiger charge is -2.40. The molecule has 1 aliphatic heterocycles. The average molecular weight is 343 g/mol. The summed E-state index contributed by atoms with van der Waals surface area (Å²) >= 11 is 3.26. The zero-order valence-corrected chi connectivity index (χ0v) is 13.2. The molecule has 0 spiro atoms. The summed E-state index contributed by atoms with van der Waals surface area (Å²) < 4.78 is 14.6. The van der Waals surface area contributed by atoms with E-state index in [9.17, 15) is 9.18 Å². The molecule has 5 heteroatoms. The number of halogens is 2. The fourth-order valence-corrected chi connectivity index (χ4v) is 3.25. The Labute approximate surface area is 127 Å². The molecule has 1 heterocycles. The Bertz CT molecular complexity index is 509. The van der Waals surface area contributed by atoms with Gasteiger partial charge >= 0.3 is 0 Å². The molecular weight excluding hydrogens is 323 g/mol. The van der Waals surface area contributed by atoms with Crippen LogP contribution >= 0.6 is 15.9 Å². The number of carbonyl (C=O) groups excluding carboxylic acids is 1. The Balaban J connectivity index is 2.11. The smallest absolute Gasteiger partial charge is 0.224 e. The number of benzene rings is 1. The minimum Gasteiger partial charge on any atom is -0.369 e. The van der Waals surface area contributed by atoms with Crippen molar-refractivity contribution in [3.63, 3.8) is 0 Å². The van der Waals surface area contributed by atoms with Gasteiger partial charge in [0, 0.05) is 23.1 Å². The van der Waals surface area contributed by atoms with E-state index in [0.717, 1.165) is 30.3 Å². The molecule has 1 aromatic carbocycles. The third-order valence-electron chi connectivity index (χ3n) is 4.26. The second-order valence-electron chi connectivity index (χ2n) is 5.55. The fourth-order valence-electron chi connectivity index (χ4n) is 2.92. The maximum absolute atomic E-state index is 13.9. The van der Waals surface area contributed by atoms with Gasteiger partial charge in [0.2, 0.25) is 5.91 Å². The van der Waals surface area contributed by atoms with E-state index >= 15 is 0 Å². The highest BCUT2D eigenvalue weighted by Gasteiger charge is 2.39. The Morgan fingerprint density at radius 1 is 1.55 bits per heavy atom. The molecule has 110 valence electrons. The summed E-state index contributed by atoms with van der Waals surface area (Å²) in [4.78, 5) is 13.9. The molecule has 2 N–H and O–H groups in total. The molecule has 0 aromatic heterocycles. The normalized spacial score (nSPS) is 23.8. The predicted octanol–water partition coefficient (Wildman–Crippen LogP) is 3.07. The van der Waals surface area contributed by atoms with Crippen molar-refractivity contribution < 1.29 is 9.18 Å². The number of primary amides is 1. The molecule has 1 aliphatic rings. The van der Waals surface area contributed by atoms with Gasteiger partial charge in [0.15, 0.2) is 0 Å². The number of hydrogen-bond acceptors (Lipinski definition) is 2. The highest BCUT2D eigenvalue weighted by atomic mass is 79.9. The minimum atomic E-state index is -0.454. The van der Waals surface area contributed by atoms with Crippen LogP contribution < -0.4 is 5.73 Å². The van der Waals surface area contributed by atoms with E-state index in [2.05, 4.69) is 20.8 Å². The molecule has 1 unspecified atom stereocenters. The van der Waals surface area contributed by atoms with E-state index in [-0.39, 0.29) is 11.7 Å². The fraction of sp³-hybridized carbons (Fsp3) is 0.533. The lowest BCUT2D eigenvalue weighted by Crippen LogP contribution is -2.49. The SMILES string of the molecule is CCC1(C(N)=O)CCCN(Cc2ccc(Br)cc2F)C1. The molecule has 1 fully saturated rings. The van der Waals surface area contributed by atoms with Crippen LogP contribution in [0.1, 0.15) is 31.7 Å². The summed E-state index contributed by atoms with van der Waals surface area (Å²) in [6.45, 7) is 4.02. The van der Waals surface area contributed by atoms with Gasteiger partial charge < -0.3 is 5.73 Å². The van der Waals surface area contributed by atoms with Gasteiger partial charge in [-0.3, -0.25) is 9.69 Å².